The molecule has 3 aromatic rings. The van der Waals surface area contributed by atoms with Gasteiger partial charge in [0.15, 0.2) is 5.03 Å². The van der Waals surface area contributed by atoms with Gasteiger partial charge in [-0.2, -0.15) is 4.31 Å². The number of nitrogens with zero attached hydrogens (tertiary/aromatic N) is 6. The molecule has 1 aliphatic heterocycles. The van der Waals surface area contributed by atoms with Crippen LogP contribution in [0.15, 0.2) is 54.1 Å². The van der Waals surface area contributed by atoms with Crippen molar-refractivity contribution in [3.8, 4) is 11.3 Å². The fourth-order valence-electron chi connectivity index (χ4n) is 3.00. The van der Waals surface area contributed by atoms with Crippen molar-refractivity contribution >= 4 is 10.0 Å². The number of aryl methyl sites for hydroxylation is 1. The summed E-state index contributed by atoms with van der Waals surface area (Å²) in [4.78, 5) is 3.97. The summed E-state index contributed by atoms with van der Waals surface area (Å²) in [6.45, 7) is 0.820. The molecule has 0 bridgehead atoms. The van der Waals surface area contributed by atoms with Crippen molar-refractivity contribution in [2.75, 3.05) is 13.1 Å². The highest BCUT2D eigenvalue weighted by atomic mass is 32.2. The predicted molar refractivity (Wildman–Crippen MR) is 91.1 cm³/mol. The van der Waals surface area contributed by atoms with Gasteiger partial charge >= 0.3 is 0 Å². The first-order valence-electron chi connectivity index (χ1n) is 7.99. The van der Waals surface area contributed by atoms with Crippen LogP contribution in [0.2, 0.25) is 0 Å². The highest BCUT2D eigenvalue weighted by Crippen LogP contribution is 2.27. The molecule has 8 nitrogen and oxygen atoms in total. The molecule has 0 amide bonds. The van der Waals surface area contributed by atoms with Gasteiger partial charge in [-0.3, -0.25) is 0 Å². The van der Waals surface area contributed by atoms with Crippen LogP contribution in [-0.4, -0.2) is 50.4 Å². The van der Waals surface area contributed by atoms with Crippen LogP contribution in [0.5, 0.6) is 0 Å². The molecule has 0 N–H and O–H groups in total. The van der Waals surface area contributed by atoms with Gasteiger partial charge in [0.25, 0.3) is 10.0 Å². The Kier molecular flexibility index (Phi) is 3.89. The topological polar surface area (TPSA) is 85.9 Å². The first-order valence-corrected chi connectivity index (χ1v) is 9.43. The van der Waals surface area contributed by atoms with E-state index >= 15 is 0 Å². The van der Waals surface area contributed by atoms with Crippen molar-refractivity contribution < 1.29 is 8.42 Å². The normalized spacial score (nSPS) is 18.7. The largest absolute Gasteiger partial charge is 0.339 e. The molecule has 1 aromatic carbocycles. The van der Waals surface area contributed by atoms with E-state index in [0.717, 1.165) is 11.3 Å². The van der Waals surface area contributed by atoms with Crippen molar-refractivity contribution in [2.45, 2.75) is 17.5 Å². The number of sulfonamides is 1. The Morgan fingerprint density at radius 2 is 1.96 bits per heavy atom. The average Bonchev–Trinajstić information content (AvgIpc) is 3.35. The van der Waals surface area contributed by atoms with E-state index in [0.29, 0.717) is 19.5 Å². The van der Waals surface area contributed by atoms with E-state index in [-0.39, 0.29) is 11.1 Å². The summed E-state index contributed by atoms with van der Waals surface area (Å²) < 4.78 is 30.2. The van der Waals surface area contributed by atoms with Gasteiger partial charge in [-0.25, -0.2) is 18.1 Å². The second kappa shape index (κ2) is 6.08. The van der Waals surface area contributed by atoms with Crippen LogP contribution in [0.3, 0.4) is 0 Å². The molecule has 3 heterocycles. The van der Waals surface area contributed by atoms with Gasteiger partial charge in [0.1, 0.15) is 5.69 Å². The molecular weight excluding hydrogens is 340 g/mol. The summed E-state index contributed by atoms with van der Waals surface area (Å²) in [7, 11) is -1.81. The fourth-order valence-corrected chi connectivity index (χ4v) is 4.45. The van der Waals surface area contributed by atoms with E-state index in [1.54, 1.807) is 16.3 Å². The van der Waals surface area contributed by atoms with Gasteiger partial charge in [0, 0.05) is 31.9 Å². The summed E-state index contributed by atoms with van der Waals surface area (Å²) in [5, 5.41) is 8.49. The lowest BCUT2D eigenvalue weighted by molar-refractivity contribution is 0.427. The molecule has 0 saturated carbocycles. The molecule has 0 spiro atoms. The molecule has 1 fully saturated rings. The van der Waals surface area contributed by atoms with E-state index in [9.17, 15) is 8.42 Å². The molecule has 25 heavy (non-hydrogen) atoms. The van der Waals surface area contributed by atoms with Crippen molar-refractivity contribution in [1.82, 2.24) is 28.9 Å². The Bertz CT molecular complexity index is 979. The Morgan fingerprint density at radius 1 is 1.16 bits per heavy atom. The molecule has 0 aliphatic carbocycles. The minimum Gasteiger partial charge on any atom is -0.339 e. The maximum Gasteiger partial charge on any atom is 0.262 e. The standard InChI is InChI=1S/C16H18N6O2S/c1-20-11-16(17-12-20)25(23,24)21-8-7-14(9-21)22-10-15(18-19-22)13-5-3-2-4-6-13/h2-6,10-12,14H,7-9H2,1H3. The Hall–Kier alpha value is -2.52. The number of aromatic nitrogens is 5. The smallest absolute Gasteiger partial charge is 0.262 e. The first kappa shape index (κ1) is 16.0. The molecule has 1 aliphatic rings. The van der Waals surface area contributed by atoms with Gasteiger partial charge < -0.3 is 4.57 Å². The van der Waals surface area contributed by atoms with Gasteiger partial charge in [-0.1, -0.05) is 35.5 Å². The van der Waals surface area contributed by atoms with Crippen molar-refractivity contribution in [3.63, 3.8) is 0 Å². The third-order valence-corrected chi connectivity index (χ3v) is 6.12. The average molecular weight is 358 g/mol. The minimum atomic E-state index is -3.56. The zero-order chi connectivity index (χ0) is 17.4. The molecule has 4 rings (SSSR count). The number of imidazole rings is 1. The fraction of sp³-hybridized carbons (Fsp3) is 0.312. The number of hydrogen-bond acceptors (Lipinski definition) is 5. The monoisotopic (exact) mass is 358 g/mol. The summed E-state index contributed by atoms with van der Waals surface area (Å²) in [5.74, 6) is 0. The quantitative estimate of drug-likeness (QED) is 0.702. The van der Waals surface area contributed by atoms with Crippen LogP contribution < -0.4 is 0 Å². The zero-order valence-corrected chi connectivity index (χ0v) is 14.5. The summed E-state index contributed by atoms with van der Waals surface area (Å²) in [6, 6.07) is 9.77. The molecule has 1 unspecified atom stereocenters. The maximum atomic E-state index is 12.7. The Balaban J connectivity index is 1.52. The SMILES string of the molecule is Cn1cnc(S(=O)(=O)N2CCC(n3cc(-c4ccccc4)nn3)C2)c1. The minimum absolute atomic E-state index is 0.0246. The van der Waals surface area contributed by atoms with Crippen LogP contribution in [0.4, 0.5) is 0 Å². The zero-order valence-electron chi connectivity index (χ0n) is 13.7. The third kappa shape index (κ3) is 2.96. The lowest BCUT2D eigenvalue weighted by atomic mass is 10.2. The highest BCUT2D eigenvalue weighted by molar-refractivity contribution is 7.89. The van der Waals surface area contributed by atoms with Gasteiger partial charge in [-0.15, -0.1) is 5.10 Å². The lowest BCUT2D eigenvalue weighted by Crippen LogP contribution is -2.29. The van der Waals surface area contributed by atoms with Gasteiger partial charge in [0.05, 0.1) is 18.6 Å². The molecule has 9 heteroatoms. The second-order valence-corrected chi connectivity index (χ2v) is 8.02. The Morgan fingerprint density at radius 3 is 2.68 bits per heavy atom. The van der Waals surface area contributed by atoms with Gasteiger partial charge in [0.2, 0.25) is 0 Å². The molecule has 2 aromatic heterocycles. The van der Waals surface area contributed by atoms with Crippen LogP contribution in [0, 0.1) is 0 Å². The molecule has 1 saturated heterocycles. The summed E-state index contributed by atoms with van der Waals surface area (Å²) in [6.07, 6.45) is 5.58. The molecule has 130 valence electrons. The second-order valence-electron chi connectivity index (χ2n) is 6.13. The maximum absolute atomic E-state index is 12.7. The van der Waals surface area contributed by atoms with Crippen LogP contribution in [0.1, 0.15) is 12.5 Å². The van der Waals surface area contributed by atoms with E-state index in [4.69, 9.17) is 0 Å². The van der Waals surface area contributed by atoms with E-state index in [1.807, 2.05) is 36.5 Å². The van der Waals surface area contributed by atoms with E-state index < -0.39 is 10.0 Å². The van der Waals surface area contributed by atoms with E-state index in [2.05, 4.69) is 15.3 Å². The van der Waals surface area contributed by atoms with Crippen LogP contribution in [0.25, 0.3) is 11.3 Å². The molecule has 1 atom stereocenters. The number of rotatable bonds is 4. The molecule has 0 radical (unpaired) electrons. The first-order chi connectivity index (χ1) is 12.0. The van der Waals surface area contributed by atoms with Crippen LogP contribution in [-0.2, 0) is 17.1 Å². The number of hydrogen-bond donors (Lipinski definition) is 0. The van der Waals surface area contributed by atoms with Crippen molar-refractivity contribution in [3.05, 3.63) is 49.1 Å². The van der Waals surface area contributed by atoms with Crippen LogP contribution >= 0.6 is 0 Å². The van der Waals surface area contributed by atoms with Gasteiger partial charge in [-0.05, 0) is 6.42 Å². The summed E-state index contributed by atoms with van der Waals surface area (Å²) >= 11 is 0. The predicted octanol–water partition coefficient (Wildman–Crippen LogP) is 1.31. The Labute approximate surface area is 145 Å². The van der Waals surface area contributed by atoms with E-state index in [1.165, 1.54) is 16.8 Å². The summed E-state index contributed by atoms with van der Waals surface area (Å²) in [5.41, 5.74) is 1.77. The molecular formula is C16H18N6O2S. The third-order valence-electron chi connectivity index (χ3n) is 4.37. The lowest BCUT2D eigenvalue weighted by Gasteiger charge is -2.14. The van der Waals surface area contributed by atoms with Crippen molar-refractivity contribution in [2.24, 2.45) is 7.05 Å². The number of benzene rings is 1. The highest BCUT2D eigenvalue weighted by Gasteiger charge is 2.35. The van der Waals surface area contributed by atoms with Crippen molar-refractivity contribution in [1.29, 1.82) is 0 Å².